The minimum atomic E-state index is -4.32. The first-order valence-corrected chi connectivity index (χ1v) is 7.45. The van der Waals surface area contributed by atoms with Crippen LogP contribution in [0.15, 0.2) is 18.5 Å². The Morgan fingerprint density at radius 1 is 1.53 bits per heavy atom. The number of thioether (sulfide) groups is 1. The van der Waals surface area contributed by atoms with Gasteiger partial charge in [0.1, 0.15) is 0 Å². The molecule has 1 aliphatic heterocycles. The van der Waals surface area contributed by atoms with Crippen molar-refractivity contribution < 1.29 is 13.2 Å². The van der Waals surface area contributed by atoms with Crippen LogP contribution in [0, 0.1) is 0 Å². The lowest BCUT2D eigenvalue weighted by Gasteiger charge is -2.26. The molecule has 2 unspecified atom stereocenters. The smallest absolute Gasteiger partial charge is 0.309 e. The van der Waals surface area contributed by atoms with Crippen molar-refractivity contribution in [3.05, 3.63) is 29.6 Å². The summed E-state index contributed by atoms with van der Waals surface area (Å²) in [5.74, 6) is 1.02. The molecule has 2 atom stereocenters. The Bertz CT molecular complexity index is 417. The number of nitrogens with one attached hydrogen (secondary N) is 1. The zero-order valence-corrected chi connectivity index (χ0v) is 11.5. The number of rotatable bonds is 4. The summed E-state index contributed by atoms with van der Waals surface area (Å²) < 4.78 is 39.2. The second-order valence-corrected chi connectivity index (χ2v) is 5.89. The van der Waals surface area contributed by atoms with Crippen molar-refractivity contribution in [1.82, 2.24) is 10.3 Å². The van der Waals surface area contributed by atoms with E-state index in [-0.39, 0.29) is 16.9 Å². The van der Waals surface area contributed by atoms with Gasteiger partial charge in [0.2, 0.25) is 0 Å². The fourth-order valence-electron chi connectivity index (χ4n) is 2.44. The maximum absolute atomic E-state index is 13.1. The molecule has 0 radical (unpaired) electrons. The first kappa shape index (κ1) is 14.7. The largest absolute Gasteiger partial charge is 0.416 e. The zero-order valence-electron chi connectivity index (χ0n) is 10.7. The molecular formula is C13H17F3N2S. The molecule has 1 fully saturated rings. The van der Waals surface area contributed by atoms with Gasteiger partial charge in [-0.1, -0.05) is 6.92 Å². The summed E-state index contributed by atoms with van der Waals surface area (Å²) in [7, 11) is 0. The van der Waals surface area contributed by atoms with Gasteiger partial charge < -0.3 is 5.32 Å². The standard InChI is InChI=1S/C13H17F3N2S/c1-2-18-12(11-4-3-7-19-11)9-8-17-6-5-10(9)13(14,15)16/h5-6,8,11-12,18H,2-4,7H2,1H3. The Morgan fingerprint density at radius 2 is 2.32 bits per heavy atom. The average Bonchev–Trinajstić information content (AvgIpc) is 2.88. The molecule has 1 N–H and O–H groups in total. The normalized spacial score (nSPS) is 21.6. The second kappa shape index (κ2) is 6.13. The molecular weight excluding hydrogens is 273 g/mol. The van der Waals surface area contributed by atoms with Gasteiger partial charge in [0, 0.05) is 29.2 Å². The minimum absolute atomic E-state index is 0.199. The molecule has 0 saturated carbocycles. The summed E-state index contributed by atoms with van der Waals surface area (Å²) in [5.41, 5.74) is -0.294. The Labute approximate surface area is 115 Å². The lowest BCUT2D eigenvalue weighted by atomic mass is 9.97. The van der Waals surface area contributed by atoms with Crippen LogP contribution in [0.5, 0.6) is 0 Å². The van der Waals surface area contributed by atoms with Gasteiger partial charge in [-0.15, -0.1) is 0 Å². The molecule has 2 nitrogen and oxygen atoms in total. The van der Waals surface area contributed by atoms with Crippen molar-refractivity contribution in [3.8, 4) is 0 Å². The van der Waals surface area contributed by atoms with E-state index in [1.165, 1.54) is 12.4 Å². The van der Waals surface area contributed by atoms with Gasteiger partial charge in [-0.05, 0) is 31.2 Å². The van der Waals surface area contributed by atoms with E-state index >= 15 is 0 Å². The summed E-state index contributed by atoms with van der Waals surface area (Å²) in [5, 5.41) is 3.39. The Kier molecular flexibility index (Phi) is 4.73. The fourth-order valence-corrected chi connectivity index (χ4v) is 3.84. The zero-order chi connectivity index (χ0) is 13.9. The summed E-state index contributed by atoms with van der Waals surface area (Å²) in [6, 6.07) is 0.794. The van der Waals surface area contributed by atoms with Crippen molar-refractivity contribution in [2.45, 2.75) is 37.2 Å². The fraction of sp³-hybridized carbons (Fsp3) is 0.615. The quantitative estimate of drug-likeness (QED) is 0.916. The van der Waals surface area contributed by atoms with E-state index in [1.807, 2.05) is 6.92 Å². The summed E-state index contributed by atoms with van der Waals surface area (Å²) in [6.07, 6.45) is 0.259. The van der Waals surface area contributed by atoms with Crippen LogP contribution in [-0.2, 0) is 6.18 Å². The first-order valence-electron chi connectivity index (χ1n) is 6.40. The lowest BCUT2D eigenvalue weighted by molar-refractivity contribution is -0.138. The molecule has 1 aromatic heterocycles. The van der Waals surface area contributed by atoms with E-state index in [0.29, 0.717) is 6.54 Å². The third kappa shape index (κ3) is 3.42. The molecule has 6 heteroatoms. The van der Waals surface area contributed by atoms with E-state index in [0.717, 1.165) is 24.7 Å². The third-order valence-corrected chi connectivity index (χ3v) is 4.71. The monoisotopic (exact) mass is 290 g/mol. The molecule has 0 bridgehead atoms. The number of aromatic nitrogens is 1. The van der Waals surface area contributed by atoms with Gasteiger partial charge in [-0.25, -0.2) is 0 Å². The Hall–Kier alpha value is -0.750. The maximum atomic E-state index is 13.1. The van der Waals surface area contributed by atoms with Crippen molar-refractivity contribution >= 4 is 11.8 Å². The summed E-state index contributed by atoms with van der Waals surface area (Å²) >= 11 is 1.75. The van der Waals surface area contributed by atoms with Crippen molar-refractivity contribution in [3.63, 3.8) is 0 Å². The third-order valence-electron chi connectivity index (χ3n) is 3.25. The van der Waals surface area contributed by atoms with Crippen LogP contribution in [0.3, 0.4) is 0 Å². The van der Waals surface area contributed by atoms with Crippen LogP contribution in [0.1, 0.15) is 36.9 Å². The summed E-state index contributed by atoms with van der Waals surface area (Å²) in [6.45, 7) is 2.56. The van der Waals surface area contributed by atoms with Crippen LogP contribution in [-0.4, -0.2) is 22.5 Å². The SMILES string of the molecule is CCNC(c1cnccc1C(F)(F)F)C1CCCS1. The molecule has 0 spiro atoms. The molecule has 2 rings (SSSR count). The maximum Gasteiger partial charge on any atom is 0.416 e. The molecule has 2 heterocycles. The highest BCUT2D eigenvalue weighted by Gasteiger charge is 2.37. The Morgan fingerprint density at radius 3 is 2.89 bits per heavy atom. The van der Waals surface area contributed by atoms with Crippen LogP contribution >= 0.6 is 11.8 Å². The first-order chi connectivity index (χ1) is 9.04. The number of hydrogen-bond acceptors (Lipinski definition) is 3. The van der Waals surface area contributed by atoms with Crippen LogP contribution in [0.4, 0.5) is 13.2 Å². The van der Waals surface area contributed by atoms with E-state index in [2.05, 4.69) is 10.3 Å². The second-order valence-electron chi connectivity index (χ2n) is 4.55. The topological polar surface area (TPSA) is 24.9 Å². The molecule has 0 aromatic carbocycles. The van der Waals surface area contributed by atoms with Crippen molar-refractivity contribution in [1.29, 1.82) is 0 Å². The highest BCUT2D eigenvalue weighted by Crippen LogP contribution is 2.40. The number of halogens is 3. The predicted molar refractivity (Wildman–Crippen MR) is 71.1 cm³/mol. The highest BCUT2D eigenvalue weighted by molar-refractivity contribution is 8.00. The lowest BCUT2D eigenvalue weighted by Crippen LogP contribution is -2.31. The number of pyridine rings is 1. The van der Waals surface area contributed by atoms with Crippen molar-refractivity contribution in [2.24, 2.45) is 0 Å². The van der Waals surface area contributed by atoms with Gasteiger partial charge >= 0.3 is 6.18 Å². The predicted octanol–water partition coefficient (Wildman–Crippen LogP) is 3.65. The van der Waals surface area contributed by atoms with Crippen LogP contribution < -0.4 is 5.32 Å². The number of alkyl halides is 3. The van der Waals surface area contributed by atoms with E-state index in [4.69, 9.17) is 0 Å². The molecule has 1 saturated heterocycles. The molecule has 19 heavy (non-hydrogen) atoms. The molecule has 106 valence electrons. The van der Waals surface area contributed by atoms with Crippen LogP contribution in [0.2, 0.25) is 0 Å². The Balaban J connectivity index is 2.35. The van der Waals surface area contributed by atoms with Gasteiger partial charge in [0.25, 0.3) is 0 Å². The van der Waals surface area contributed by atoms with Gasteiger partial charge in [0.15, 0.2) is 0 Å². The minimum Gasteiger partial charge on any atom is -0.309 e. The van der Waals surface area contributed by atoms with E-state index in [1.54, 1.807) is 11.8 Å². The number of hydrogen-bond donors (Lipinski definition) is 1. The average molecular weight is 290 g/mol. The number of nitrogens with zero attached hydrogens (tertiary/aromatic N) is 1. The van der Waals surface area contributed by atoms with Gasteiger partial charge in [0.05, 0.1) is 5.56 Å². The summed E-state index contributed by atoms with van der Waals surface area (Å²) in [4.78, 5) is 3.88. The van der Waals surface area contributed by atoms with Gasteiger partial charge in [-0.3, -0.25) is 4.98 Å². The van der Waals surface area contributed by atoms with E-state index in [9.17, 15) is 13.2 Å². The van der Waals surface area contributed by atoms with Crippen molar-refractivity contribution in [2.75, 3.05) is 12.3 Å². The molecule has 0 amide bonds. The molecule has 0 aliphatic carbocycles. The highest BCUT2D eigenvalue weighted by atomic mass is 32.2. The van der Waals surface area contributed by atoms with Crippen LogP contribution in [0.25, 0.3) is 0 Å². The molecule has 1 aromatic rings. The molecule has 1 aliphatic rings. The van der Waals surface area contributed by atoms with Gasteiger partial charge in [-0.2, -0.15) is 24.9 Å². The van der Waals surface area contributed by atoms with E-state index < -0.39 is 11.7 Å².